The van der Waals surface area contributed by atoms with Crippen molar-refractivity contribution in [2.75, 3.05) is 24.4 Å². The van der Waals surface area contributed by atoms with Crippen LogP contribution < -0.4 is 20.1 Å². The second-order valence-corrected chi connectivity index (χ2v) is 9.19. The lowest BCUT2D eigenvalue weighted by Crippen LogP contribution is -2.31. The van der Waals surface area contributed by atoms with E-state index in [1.807, 2.05) is 68.4 Å². The molecule has 5 rings (SSSR count). The van der Waals surface area contributed by atoms with Crippen molar-refractivity contribution in [2.45, 2.75) is 33.7 Å². The molecule has 38 heavy (non-hydrogen) atoms. The molecule has 0 aliphatic carbocycles. The number of carbonyl (C=O) groups is 1. The molecule has 0 saturated heterocycles. The van der Waals surface area contributed by atoms with Gasteiger partial charge in [-0.1, -0.05) is 42.5 Å². The summed E-state index contributed by atoms with van der Waals surface area (Å²) in [5.74, 6) is 2.12. The van der Waals surface area contributed by atoms with Crippen LogP contribution in [0.3, 0.4) is 0 Å². The number of para-hydroxylation sites is 3. The summed E-state index contributed by atoms with van der Waals surface area (Å²) in [5.41, 5.74) is 5.86. The fourth-order valence-electron chi connectivity index (χ4n) is 4.67. The minimum atomic E-state index is -0.573. The van der Waals surface area contributed by atoms with E-state index in [1.54, 1.807) is 11.8 Å². The van der Waals surface area contributed by atoms with Crippen LogP contribution in [0.4, 0.5) is 11.6 Å². The molecular formula is C30H31N5O3. The summed E-state index contributed by atoms with van der Waals surface area (Å²) in [4.78, 5) is 18.7. The summed E-state index contributed by atoms with van der Waals surface area (Å²) >= 11 is 0. The summed E-state index contributed by atoms with van der Waals surface area (Å²) in [6, 6.07) is 20.6. The van der Waals surface area contributed by atoms with Crippen molar-refractivity contribution in [2.24, 2.45) is 0 Å². The van der Waals surface area contributed by atoms with Crippen LogP contribution in [-0.2, 0) is 4.79 Å². The molecule has 0 spiro atoms. The molecule has 194 valence electrons. The highest BCUT2D eigenvalue weighted by Crippen LogP contribution is 2.40. The van der Waals surface area contributed by atoms with Crippen LogP contribution >= 0.6 is 0 Å². The number of aryl methyl sites for hydroxylation is 2. The lowest BCUT2D eigenvalue weighted by Gasteiger charge is -2.29. The van der Waals surface area contributed by atoms with Gasteiger partial charge in [-0.25, -0.2) is 4.68 Å². The maximum atomic E-state index is 13.9. The fourth-order valence-corrected chi connectivity index (χ4v) is 4.67. The molecule has 2 heterocycles. The number of rotatable bonds is 7. The SMILES string of the molecule is CCOc1ccccc1C1C(C(=O)Nc2ccccc2OC)=C(C)Nc2nc(-c3ccc(C)c(C)c3)nn21. The Morgan fingerprint density at radius 1 is 1.00 bits per heavy atom. The number of nitrogens with zero attached hydrogens (tertiary/aromatic N) is 3. The van der Waals surface area contributed by atoms with Gasteiger partial charge in [0, 0.05) is 16.8 Å². The maximum Gasteiger partial charge on any atom is 0.255 e. The lowest BCUT2D eigenvalue weighted by molar-refractivity contribution is -0.113. The number of hydrogen-bond donors (Lipinski definition) is 2. The van der Waals surface area contributed by atoms with Gasteiger partial charge in [0.15, 0.2) is 5.82 Å². The van der Waals surface area contributed by atoms with E-state index in [4.69, 9.17) is 19.6 Å². The number of hydrogen-bond acceptors (Lipinski definition) is 6. The number of ether oxygens (including phenoxy) is 2. The van der Waals surface area contributed by atoms with Crippen LogP contribution in [0.5, 0.6) is 11.5 Å². The Balaban J connectivity index is 1.64. The minimum absolute atomic E-state index is 0.273. The van der Waals surface area contributed by atoms with Crippen molar-refractivity contribution in [1.82, 2.24) is 14.8 Å². The number of fused-ring (bicyclic) bond motifs is 1. The highest BCUT2D eigenvalue weighted by atomic mass is 16.5. The van der Waals surface area contributed by atoms with E-state index >= 15 is 0 Å². The number of benzene rings is 3. The summed E-state index contributed by atoms with van der Waals surface area (Å²) < 4.78 is 13.2. The second-order valence-electron chi connectivity index (χ2n) is 9.19. The first kappa shape index (κ1) is 25.1. The molecule has 0 bridgehead atoms. The van der Waals surface area contributed by atoms with Crippen molar-refractivity contribution in [3.8, 4) is 22.9 Å². The molecule has 0 saturated carbocycles. The molecule has 0 fully saturated rings. The topological polar surface area (TPSA) is 90.3 Å². The molecule has 4 aromatic rings. The first-order valence-corrected chi connectivity index (χ1v) is 12.6. The van der Waals surface area contributed by atoms with E-state index in [9.17, 15) is 4.79 Å². The largest absolute Gasteiger partial charge is 0.495 e. The van der Waals surface area contributed by atoms with E-state index in [0.29, 0.717) is 46.8 Å². The third kappa shape index (κ3) is 4.61. The van der Waals surface area contributed by atoms with E-state index in [1.165, 1.54) is 5.56 Å². The smallest absolute Gasteiger partial charge is 0.255 e. The molecule has 8 heteroatoms. The van der Waals surface area contributed by atoms with Crippen LogP contribution in [0.25, 0.3) is 11.4 Å². The number of methoxy groups -OCH3 is 1. The monoisotopic (exact) mass is 509 g/mol. The van der Waals surface area contributed by atoms with E-state index in [-0.39, 0.29) is 5.91 Å². The number of aromatic nitrogens is 3. The molecule has 1 unspecified atom stereocenters. The van der Waals surface area contributed by atoms with Gasteiger partial charge in [-0.15, -0.1) is 5.10 Å². The number of anilines is 2. The van der Waals surface area contributed by atoms with Gasteiger partial charge in [0.2, 0.25) is 5.95 Å². The van der Waals surface area contributed by atoms with Gasteiger partial charge in [0.25, 0.3) is 5.91 Å². The number of amides is 1. The van der Waals surface area contributed by atoms with Crippen molar-refractivity contribution in [3.63, 3.8) is 0 Å². The first-order chi connectivity index (χ1) is 18.4. The Kier molecular flexibility index (Phi) is 6.87. The Bertz CT molecular complexity index is 1540. The van der Waals surface area contributed by atoms with Crippen LogP contribution in [0.15, 0.2) is 78.0 Å². The third-order valence-corrected chi connectivity index (χ3v) is 6.73. The molecule has 1 atom stereocenters. The van der Waals surface area contributed by atoms with E-state index < -0.39 is 6.04 Å². The van der Waals surface area contributed by atoms with Crippen LogP contribution in [0.1, 0.15) is 36.6 Å². The summed E-state index contributed by atoms with van der Waals surface area (Å²) in [7, 11) is 1.58. The van der Waals surface area contributed by atoms with Gasteiger partial charge in [-0.3, -0.25) is 4.79 Å². The highest BCUT2D eigenvalue weighted by Gasteiger charge is 2.36. The quantitative estimate of drug-likeness (QED) is 0.323. The van der Waals surface area contributed by atoms with E-state index in [2.05, 4.69) is 36.6 Å². The predicted molar refractivity (Wildman–Crippen MR) is 149 cm³/mol. The van der Waals surface area contributed by atoms with Crippen LogP contribution in [0, 0.1) is 13.8 Å². The van der Waals surface area contributed by atoms with Crippen molar-refractivity contribution in [1.29, 1.82) is 0 Å². The zero-order valence-corrected chi connectivity index (χ0v) is 22.2. The zero-order valence-electron chi connectivity index (χ0n) is 22.2. The van der Waals surface area contributed by atoms with Gasteiger partial charge in [0.1, 0.15) is 17.5 Å². The minimum Gasteiger partial charge on any atom is -0.495 e. The fraction of sp³-hybridized carbons (Fsp3) is 0.233. The van der Waals surface area contributed by atoms with Gasteiger partial charge in [-0.2, -0.15) is 4.98 Å². The Morgan fingerprint density at radius 3 is 2.47 bits per heavy atom. The number of allylic oxidation sites excluding steroid dienone is 1. The third-order valence-electron chi connectivity index (χ3n) is 6.73. The average Bonchev–Trinajstić information content (AvgIpc) is 3.34. The second kappa shape index (κ2) is 10.4. The summed E-state index contributed by atoms with van der Waals surface area (Å²) in [6.07, 6.45) is 0. The van der Waals surface area contributed by atoms with E-state index in [0.717, 1.165) is 16.7 Å². The standard InChI is InChI=1S/C30H31N5O3/c1-6-38-24-13-9-7-11-22(24)27-26(29(36)32-23-12-8-10-14-25(23)37-5)20(4)31-30-33-28(34-35(27)30)21-16-15-18(2)19(3)17-21/h7-17,27H,6H2,1-5H3,(H,32,36)(H,31,33,34). The molecule has 3 aromatic carbocycles. The predicted octanol–water partition coefficient (Wildman–Crippen LogP) is 5.90. The first-order valence-electron chi connectivity index (χ1n) is 12.6. The molecule has 1 aromatic heterocycles. The molecule has 1 amide bonds. The average molecular weight is 510 g/mol. The van der Waals surface area contributed by atoms with Gasteiger partial charge >= 0.3 is 0 Å². The molecule has 2 N–H and O–H groups in total. The molecule has 1 aliphatic rings. The lowest BCUT2D eigenvalue weighted by atomic mass is 9.94. The molecule has 0 radical (unpaired) electrons. The Hall–Kier alpha value is -4.59. The molecular weight excluding hydrogens is 478 g/mol. The van der Waals surface area contributed by atoms with Crippen LogP contribution in [0.2, 0.25) is 0 Å². The highest BCUT2D eigenvalue weighted by molar-refractivity contribution is 6.06. The normalized spacial score (nSPS) is 14.5. The Labute approximate surface area is 222 Å². The number of nitrogens with one attached hydrogen (secondary N) is 2. The summed E-state index contributed by atoms with van der Waals surface area (Å²) in [6.45, 7) is 8.45. The van der Waals surface area contributed by atoms with Crippen molar-refractivity contribution in [3.05, 3.63) is 94.7 Å². The Morgan fingerprint density at radius 2 is 1.74 bits per heavy atom. The molecule has 8 nitrogen and oxygen atoms in total. The van der Waals surface area contributed by atoms with Crippen molar-refractivity contribution >= 4 is 17.5 Å². The summed E-state index contributed by atoms with van der Waals surface area (Å²) in [5, 5.41) is 11.2. The zero-order chi connectivity index (χ0) is 26.8. The van der Waals surface area contributed by atoms with Crippen molar-refractivity contribution < 1.29 is 14.3 Å². The van der Waals surface area contributed by atoms with Crippen LogP contribution in [-0.4, -0.2) is 34.4 Å². The van der Waals surface area contributed by atoms with Gasteiger partial charge in [-0.05, 0) is 63.1 Å². The molecule has 1 aliphatic heterocycles. The number of carbonyl (C=O) groups excluding carboxylic acids is 1. The maximum absolute atomic E-state index is 13.9. The van der Waals surface area contributed by atoms with Gasteiger partial charge in [0.05, 0.1) is 25.0 Å². The van der Waals surface area contributed by atoms with Gasteiger partial charge < -0.3 is 20.1 Å².